The molecule has 1 atom stereocenters. The number of nitrogens with zero attached hydrogens (tertiary/aromatic N) is 3. The van der Waals surface area contributed by atoms with Gasteiger partial charge in [-0.2, -0.15) is 5.10 Å². The van der Waals surface area contributed by atoms with E-state index in [1.165, 1.54) is 43.4 Å². The third kappa shape index (κ3) is 3.94. The number of phenolic OH excluding ortho intramolecular Hbond substituents is 1. The first-order valence-electron chi connectivity index (χ1n) is 9.84. The second-order valence-electron chi connectivity index (χ2n) is 7.74. The SMILES string of the molecule is Cn1cc(CN2CCOC(c3cccc(O)c3)C2)c(C2CCCCC2)n1. The van der Waals surface area contributed by atoms with E-state index in [1.807, 2.05) is 29.9 Å². The molecule has 0 spiro atoms. The van der Waals surface area contributed by atoms with Crippen LogP contribution in [0.25, 0.3) is 0 Å². The van der Waals surface area contributed by atoms with Crippen LogP contribution < -0.4 is 0 Å². The van der Waals surface area contributed by atoms with E-state index in [1.54, 1.807) is 6.07 Å². The number of ether oxygens (including phenoxy) is 1. The lowest BCUT2D eigenvalue weighted by molar-refractivity contribution is -0.0331. The lowest BCUT2D eigenvalue weighted by Crippen LogP contribution is -2.38. The largest absolute Gasteiger partial charge is 0.508 e. The minimum Gasteiger partial charge on any atom is -0.508 e. The highest BCUT2D eigenvalue weighted by atomic mass is 16.5. The maximum Gasteiger partial charge on any atom is 0.115 e. The van der Waals surface area contributed by atoms with Gasteiger partial charge in [0.15, 0.2) is 0 Å². The Labute approximate surface area is 155 Å². The van der Waals surface area contributed by atoms with Crippen LogP contribution in [0.5, 0.6) is 5.75 Å². The lowest BCUT2D eigenvalue weighted by Gasteiger charge is -2.33. The number of aromatic hydroxyl groups is 1. The summed E-state index contributed by atoms with van der Waals surface area (Å²) < 4.78 is 7.94. The van der Waals surface area contributed by atoms with Crippen molar-refractivity contribution in [2.45, 2.75) is 50.7 Å². The average molecular weight is 355 g/mol. The molecule has 1 aliphatic heterocycles. The number of hydrogen-bond donors (Lipinski definition) is 1. The van der Waals surface area contributed by atoms with Gasteiger partial charge in [-0.25, -0.2) is 0 Å². The van der Waals surface area contributed by atoms with Crippen LogP contribution in [0.1, 0.15) is 60.9 Å². The number of phenols is 1. The molecule has 0 bridgehead atoms. The van der Waals surface area contributed by atoms with Crippen molar-refractivity contribution in [2.24, 2.45) is 7.05 Å². The van der Waals surface area contributed by atoms with Crippen LogP contribution >= 0.6 is 0 Å². The Hall–Kier alpha value is -1.85. The fourth-order valence-electron chi connectivity index (χ4n) is 4.41. The van der Waals surface area contributed by atoms with Gasteiger partial charge in [0.2, 0.25) is 0 Å². The summed E-state index contributed by atoms with van der Waals surface area (Å²) in [6.07, 6.45) is 8.80. The van der Waals surface area contributed by atoms with Crippen molar-refractivity contribution in [3.63, 3.8) is 0 Å². The second-order valence-corrected chi connectivity index (χ2v) is 7.74. The molecule has 1 unspecified atom stereocenters. The molecule has 1 saturated heterocycles. The normalized spacial score (nSPS) is 22.6. The molecular formula is C21H29N3O2. The van der Waals surface area contributed by atoms with Crippen LogP contribution in [0.2, 0.25) is 0 Å². The van der Waals surface area contributed by atoms with E-state index in [2.05, 4.69) is 11.1 Å². The molecule has 2 aliphatic rings. The second kappa shape index (κ2) is 7.80. The van der Waals surface area contributed by atoms with E-state index in [0.717, 1.165) is 31.8 Å². The fraction of sp³-hybridized carbons (Fsp3) is 0.571. The Balaban J connectivity index is 1.47. The Morgan fingerprint density at radius 2 is 2.08 bits per heavy atom. The Bertz CT molecular complexity index is 737. The third-order valence-electron chi connectivity index (χ3n) is 5.72. The van der Waals surface area contributed by atoms with Crippen LogP contribution in [-0.4, -0.2) is 39.5 Å². The molecule has 4 rings (SSSR count). The summed E-state index contributed by atoms with van der Waals surface area (Å²) in [5.74, 6) is 0.929. The summed E-state index contributed by atoms with van der Waals surface area (Å²) in [7, 11) is 2.03. The summed E-state index contributed by atoms with van der Waals surface area (Å²) in [6.45, 7) is 3.44. The molecule has 1 aliphatic carbocycles. The minimum absolute atomic E-state index is 0.0191. The predicted octanol–water partition coefficient (Wildman–Crippen LogP) is 3.75. The van der Waals surface area contributed by atoms with Gasteiger partial charge in [-0.1, -0.05) is 31.4 Å². The van der Waals surface area contributed by atoms with Crippen molar-refractivity contribution >= 4 is 0 Å². The number of aromatic nitrogens is 2. The van der Waals surface area contributed by atoms with Gasteiger partial charge < -0.3 is 9.84 Å². The maximum atomic E-state index is 9.75. The van der Waals surface area contributed by atoms with Gasteiger partial charge in [0, 0.05) is 44.4 Å². The number of benzene rings is 1. The first-order chi connectivity index (χ1) is 12.7. The zero-order valence-corrected chi connectivity index (χ0v) is 15.6. The van der Waals surface area contributed by atoms with Gasteiger partial charge in [-0.3, -0.25) is 9.58 Å². The van der Waals surface area contributed by atoms with Crippen molar-refractivity contribution in [3.05, 3.63) is 47.3 Å². The summed E-state index contributed by atoms with van der Waals surface area (Å²) in [4.78, 5) is 2.46. The van der Waals surface area contributed by atoms with Gasteiger partial charge in [-0.15, -0.1) is 0 Å². The molecule has 26 heavy (non-hydrogen) atoms. The highest BCUT2D eigenvalue weighted by Gasteiger charge is 2.26. The van der Waals surface area contributed by atoms with Crippen LogP contribution in [-0.2, 0) is 18.3 Å². The lowest BCUT2D eigenvalue weighted by atomic mass is 9.85. The highest BCUT2D eigenvalue weighted by Crippen LogP contribution is 2.34. The quantitative estimate of drug-likeness (QED) is 0.907. The molecule has 1 N–H and O–H groups in total. The van der Waals surface area contributed by atoms with Crippen LogP contribution in [0.15, 0.2) is 30.5 Å². The topological polar surface area (TPSA) is 50.5 Å². The molecular weight excluding hydrogens is 326 g/mol. The standard InChI is InChI=1S/C21H29N3O2/c1-23-13-18(21(22-23)16-6-3-2-4-7-16)14-24-10-11-26-20(15-24)17-8-5-9-19(25)12-17/h5,8-9,12-13,16,20,25H,2-4,6-7,10-11,14-15H2,1H3. The molecule has 2 fully saturated rings. The summed E-state index contributed by atoms with van der Waals surface area (Å²) in [6, 6.07) is 7.43. The molecule has 2 heterocycles. The third-order valence-corrected chi connectivity index (χ3v) is 5.72. The Morgan fingerprint density at radius 3 is 2.88 bits per heavy atom. The first-order valence-corrected chi connectivity index (χ1v) is 9.84. The van der Waals surface area contributed by atoms with E-state index in [0.29, 0.717) is 11.7 Å². The zero-order valence-electron chi connectivity index (χ0n) is 15.6. The van der Waals surface area contributed by atoms with Gasteiger partial charge >= 0.3 is 0 Å². The first kappa shape index (κ1) is 17.6. The fourth-order valence-corrected chi connectivity index (χ4v) is 4.41. The number of morpholine rings is 1. The minimum atomic E-state index is 0.0191. The predicted molar refractivity (Wildman–Crippen MR) is 101 cm³/mol. The van der Waals surface area contributed by atoms with Crippen LogP contribution in [0, 0.1) is 0 Å². The molecule has 140 valence electrons. The van der Waals surface area contributed by atoms with Crippen molar-refractivity contribution in [3.8, 4) is 5.75 Å². The van der Waals surface area contributed by atoms with Crippen LogP contribution in [0.3, 0.4) is 0 Å². The van der Waals surface area contributed by atoms with Gasteiger partial charge in [0.1, 0.15) is 5.75 Å². The Morgan fingerprint density at radius 1 is 1.23 bits per heavy atom. The summed E-state index contributed by atoms with van der Waals surface area (Å²) in [5.41, 5.74) is 3.73. The van der Waals surface area contributed by atoms with E-state index in [-0.39, 0.29) is 6.10 Å². The summed E-state index contributed by atoms with van der Waals surface area (Å²) >= 11 is 0. The van der Waals surface area contributed by atoms with E-state index in [4.69, 9.17) is 9.84 Å². The van der Waals surface area contributed by atoms with Gasteiger partial charge in [0.25, 0.3) is 0 Å². The smallest absolute Gasteiger partial charge is 0.115 e. The molecule has 2 aromatic rings. The van der Waals surface area contributed by atoms with Gasteiger partial charge in [-0.05, 0) is 30.5 Å². The van der Waals surface area contributed by atoms with Crippen molar-refractivity contribution in [2.75, 3.05) is 19.7 Å². The van der Waals surface area contributed by atoms with Crippen LogP contribution in [0.4, 0.5) is 0 Å². The van der Waals surface area contributed by atoms with E-state index < -0.39 is 0 Å². The Kier molecular flexibility index (Phi) is 5.27. The molecule has 1 saturated carbocycles. The molecule has 5 nitrogen and oxygen atoms in total. The molecule has 0 amide bonds. The molecule has 0 radical (unpaired) electrons. The van der Waals surface area contributed by atoms with Crippen molar-refractivity contribution in [1.82, 2.24) is 14.7 Å². The highest BCUT2D eigenvalue weighted by molar-refractivity contribution is 5.29. The molecule has 5 heteroatoms. The van der Waals surface area contributed by atoms with E-state index in [9.17, 15) is 5.11 Å². The average Bonchev–Trinajstić information content (AvgIpc) is 3.03. The van der Waals surface area contributed by atoms with Gasteiger partial charge in [0.05, 0.1) is 18.4 Å². The number of hydrogen-bond acceptors (Lipinski definition) is 4. The summed E-state index contributed by atoms with van der Waals surface area (Å²) in [5, 5.41) is 14.6. The van der Waals surface area contributed by atoms with Crippen molar-refractivity contribution < 1.29 is 9.84 Å². The van der Waals surface area contributed by atoms with E-state index >= 15 is 0 Å². The molecule has 1 aromatic carbocycles. The maximum absolute atomic E-state index is 9.75. The zero-order chi connectivity index (χ0) is 17.9. The monoisotopic (exact) mass is 355 g/mol. The number of aryl methyl sites for hydroxylation is 1. The van der Waals surface area contributed by atoms with Crippen molar-refractivity contribution in [1.29, 1.82) is 0 Å². The molecule has 1 aromatic heterocycles. The number of rotatable bonds is 4.